The van der Waals surface area contributed by atoms with E-state index in [0.717, 1.165) is 67.7 Å². The fourth-order valence-electron chi connectivity index (χ4n) is 5.11. The highest BCUT2D eigenvalue weighted by atomic mass is 19.1. The lowest BCUT2D eigenvalue weighted by Gasteiger charge is -2.37. The molecule has 5 rings (SSSR count). The summed E-state index contributed by atoms with van der Waals surface area (Å²) < 4.78 is 15.2. The first-order valence-corrected chi connectivity index (χ1v) is 11.5. The van der Waals surface area contributed by atoms with Crippen molar-refractivity contribution in [1.29, 1.82) is 0 Å². The van der Waals surface area contributed by atoms with E-state index in [1.54, 1.807) is 0 Å². The molecule has 0 bridgehead atoms. The van der Waals surface area contributed by atoms with Crippen LogP contribution in [0.2, 0.25) is 0 Å². The molecule has 0 N–H and O–H groups in total. The zero-order valence-electron chi connectivity index (χ0n) is 18.7. The second-order valence-electron chi connectivity index (χ2n) is 8.94. The number of aromatic nitrogens is 2. The van der Waals surface area contributed by atoms with E-state index in [1.165, 1.54) is 17.8 Å². The maximum atomic E-state index is 13.5. The topological polar surface area (TPSA) is 41.4 Å². The predicted molar refractivity (Wildman–Crippen MR) is 124 cm³/mol. The normalized spacial score (nSPS) is 16.3. The summed E-state index contributed by atoms with van der Waals surface area (Å²) in [4.78, 5) is 17.7. The molecule has 0 radical (unpaired) electrons. The van der Waals surface area contributed by atoms with Gasteiger partial charge in [-0.25, -0.2) is 9.07 Å². The standard InChI is InChI=1S/C26H29FN4O/c1-18-6-3-4-8-23(18)31-24-9-5-7-22(24)25(28-31)26(32)29(2)20-14-16-30(17-15-20)21-12-10-19(27)11-13-21/h3-4,6,8,10-13,20H,5,7,9,14-17H2,1-2H3. The van der Waals surface area contributed by atoms with Crippen molar-refractivity contribution in [1.82, 2.24) is 14.7 Å². The third-order valence-corrected chi connectivity index (χ3v) is 7.00. The Morgan fingerprint density at radius 1 is 1.06 bits per heavy atom. The summed E-state index contributed by atoms with van der Waals surface area (Å²) in [5.41, 5.74) is 6.17. The highest BCUT2D eigenvalue weighted by molar-refractivity contribution is 5.94. The van der Waals surface area contributed by atoms with Gasteiger partial charge in [-0.05, 0) is 74.9 Å². The number of piperidine rings is 1. The van der Waals surface area contributed by atoms with Gasteiger partial charge < -0.3 is 9.80 Å². The number of hydrogen-bond donors (Lipinski definition) is 0. The molecule has 5 nitrogen and oxygen atoms in total. The van der Waals surface area contributed by atoms with Crippen LogP contribution in [0.1, 0.15) is 46.6 Å². The first-order valence-electron chi connectivity index (χ1n) is 11.5. The minimum atomic E-state index is -0.216. The molecule has 0 saturated carbocycles. The van der Waals surface area contributed by atoms with Crippen molar-refractivity contribution in [3.8, 4) is 5.69 Å². The Hall–Kier alpha value is -3.15. The Morgan fingerprint density at radius 2 is 1.78 bits per heavy atom. The lowest BCUT2D eigenvalue weighted by atomic mass is 10.0. The van der Waals surface area contributed by atoms with Crippen LogP contribution in [0, 0.1) is 12.7 Å². The average molecular weight is 433 g/mol. The number of carbonyl (C=O) groups excluding carboxylic acids is 1. The van der Waals surface area contributed by atoms with Gasteiger partial charge in [0, 0.05) is 43.1 Å². The highest BCUT2D eigenvalue weighted by Gasteiger charge is 2.32. The van der Waals surface area contributed by atoms with Gasteiger partial charge in [-0.1, -0.05) is 18.2 Å². The zero-order chi connectivity index (χ0) is 22.2. The molecule has 166 valence electrons. The van der Waals surface area contributed by atoms with Crippen molar-refractivity contribution in [2.75, 3.05) is 25.0 Å². The van der Waals surface area contributed by atoms with E-state index in [9.17, 15) is 9.18 Å². The first kappa shape index (κ1) is 20.7. The monoisotopic (exact) mass is 432 g/mol. The number of para-hydroxylation sites is 1. The van der Waals surface area contributed by atoms with E-state index >= 15 is 0 Å². The molecule has 32 heavy (non-hydrogen) atoms. The molecule has 2 aromatic carbocycles. The number of nitrogens with zero attached hydrogens (tertiary/aromatic N) is 4. The van der Waals surface area contributed by atoms with Crippen molar-refractivity contribution in [3.05, 3.63) is 76.9 Å². The maximum absolute atomic E-state index is 13.5. The van der Waals surface area contributed by atoms with Crippen molar-refractivity contribution < 1.29 is 9.18 Å². The highest BCUT2D eigenvalue weighted by Crippen LogP contribution is 2.30. The van der Waals surface area contributed by atoms with Gasteiger partial charge in [0.05, 0.1) is 5.69 Å². The molecule has 0 atom stereocenters. The molecule has 1 aliphatic heterocycles. The number of aryl methyl sites for hydroxylation is 1. The minimum Gasteiger partial charge on any atom is -0.371 e. The second-order valence-corrected chi connectivity index (χ2v) is 8.94. The van der Waals surface area contributed by atoms with Crippen LogP contribution in [0.5, 0.6) is 0 Å². The Kier molecular flexibility index (Phi) is 5.45. The molecule has 0 unspecified atom stereocenters. The molecule has 1 saturated heterocycles. The third-order valence-electron chi connectivity index (χ3n) is 7.00. The SMILES string of the molecule is Cc1ccccc1-n1nc(C(=O)N(C)C2CCN(c3ccc(F)cc3)CC2)c2c1CCC2. The lowest BCUT2D eigenvalue weighted by Crippen LogP contribution is -2.46. The summed E-state index contributed by atoms with van der Waals surface area (Å²) in [5, 5.41) is 4.83. The van der Waals surface area contributed by atoms with Crippen LogP contribution in [0.25, 0.3) is 5.69 Å². The molecule has 1 aliphatic carbocycles. The molecular weight excluding hydrogens is 403 g/mol. The van der Waals surface area contributed by atoms with Gasteiger partial charge in [-0.2, -0.15) is 5.10 Å². The summed E-state index contributed by atoms with van der Waals surface area (Å²) in [5.74, 6) is -0.192. The van der Waals surface area contributed by atoms with Crippen LogP contribution in [-0.4, -0.2) is 46.8 Å². The summed E-state index contributed by atoms with van der Waals surface area (Å²) >= 11 is 0. The Balaban J connectivity index is 1.33. The van der Waals surface area contributed by atoms with E-state index in [2.05, 4.69) is 24.0 Å². The molecule has 1 amide bonds. The van der Waals surface area contributed by atoms with E-state index in [0.29, 0.717) is 5.69 Å². The van der Waals surface area contributed by atoms with Crippen molar-refractivity contribution in [2.24, 2.45) is 0 Å². The number of anilines is 1. The molecule has 1 fully saturated rings. The molecule has 2 heterocycles. The van der Waals surface area contributed by atoms with Gasteiger partial charge in [-0.15, -0.1) is 0 Å². The fraction of sp³-hybridized carbons (Fsp3) is 0.385. The van der Waals surface area contributed by atoms with Crippen LogP contribution >= 0.6 is 0 Å². The van der Waals surface area contributed by atoms with Crippen molar-refractivity contribution in [3.63, 3.8) is 0 Å². The zero-order valence-corrected chi connectivity index (χ0v) is 18.7. The Morgan fingerprint density at radius 3 is 2.50 bits per heavy atom. The summed E-state index contributed by atoms with van der Waals surface area (Å²) in [7, 11) is 1.91. The van der Waals surface area contributed by atoms with Gasteiger partial charge in [0.25, 0.3) is 5.91 Å². The third kappa shape index (κ3) is 3.68. The van der Waals surface area contributed by atoms with Crippen LogP contribution in [0.15, 0.2) is 48.5 Å². The number of carbonyl (C=O) groups is 1. The van der Waals surface area contributed by atoms with E-state index in [-0.39, 0.29) is 17.8 Å². The second kappa shape index (κ2) is 8.41. The van der Waals surface area contributed by atoms with Gasteiger partial charge in [0.15, 0.2) is 5.69 Å². The first-order chi connectivity index (χ1) is 15.5. The quantitative estimate of drug-likeness (QED) is 0.607. The van der Waals surface area contributed by atoms with Crippen LogP contribution in [-0.2, 0) is 12.8 Å². The van der Waals surface area contributed by atoms with E-state index in [1.807, 2.05) is 40.9 Å². The maximum Gasteiger partial charge on any atom is 0.274 e. The lowest BCUT2D eigenvalue weighted by molar-refractivity contribution is 0.0701. The molecule has 1 aromatic heterocycles. The van der Waals surface area contributed by atoms with Crippen LogP contribution in [0.4, 0.5) is 10.1 Å². The number of halogens is 1. The number of hydrogen-bond acceptors (Lipinski definition) is 3. The van der Waals surface area contributed by atoms with Crippen LogP contribution < -0.4 is 4.90 Å². The number of rotatable bonds is 4. The largest absolute Gasteiger partial charge is 0.371 e. The van der Waals surface area contributed by atoms with Crippen molar-refractivity contribution >= 4 is 11.6 Å². The van der Waals surface area contributed by atoms with Gasteiger partial charge >= 0.3 is 0 Å². The molecule has 3 aromatic rings. The molecule has 6 heteroatoms. The average Bonchev–Trinajstić information content (AvgIpc) is 3.42. The molecule has 0 spiro atoms. The Labute approximate surface area is 188 Å². The number of amides is 1. The number of benzene rings is 2. The molecular formula is C26H29FN4O. The fourth-order valence-corrected chi connectivity index (χ4v) is 5.11. The minimum absolute atomic E-state index is 0.0238. The Bertz CT molecular complexity index is 1130. The summed E-state index contributed by atoms with van der Waals surface area (Å²) in [6.07, 6.45) is 4.72. The predicted octanol–water partition coefficient (Wildman–Crippen LogP) is 4.55. The summed E-state index contributed by atoms with van der Waals surface area (Å²) in [6, 6.07) is 15.0. The summed E-state index contributed by atoms with van der Waals surface area (Å²) in [6.45, 7) is 3.79. The van der Waals surface area contributed by atoms with E-state index < -0.39 is 0 Å². The van der Waals surface area contributed by atoms with Crippen LogP contribution in [0.3, 0.4) is 0 Å². The number of fused-ring (bicyclic) bond motifs is 1. The van der Waals surface area contributed by atoms with Gasteiger partial charge in [0.1, 0.15) is 5.82 Å². The van der Waals surface area contributed by atoms with E-state index in [4.69, 9.17) is 5.10 Å². The van der Waals surface area contributed by atoms with Gasteiger partial charge in [-0.3, -0.25) is 4.79 Å². The smallest absolute Gasteiger partial charge is 0.274 e. The molecule has 2 aliphatic rings. The van der Waals surface area contributed by atoms with Gasteiger partial charge in [0.2, 0.25) is 0 Å². The van der Waals surface area contributed by atoms with Crippen molar-refractivity contribution in [2.45, 2.75) is 45.1 Å².